The van der Waals surface area contributed by atoms with E-state index in [1.807, 2.05) is 24.3 Å². The lowest BCUT2D eigenvalue weighted by Gasteiger charge is -2.07. The zero-order valence-electron chi connectivity index (χ0n) is 9.16. The topological polar surface area (TPSA) is 38.1 Å². The maximum Gasteiger partial charge on any atom is 0.209 e. The van der Waals surface area contributed by atoms with Crippen molar-refractivity contribution >= 4 is 11.1 Å². The van der Waals surface area contributed by atoms with Crippen molar-refractivity contribution in [2.75, 3.05) is 0 Å². The minimum atomic E-state index is 0.500. The number of fused-ring (bicyclic) bond motifs is 1. The molecule has 3 heteroatoms. The summed E-state index contributed by atoms with van der Waals surface area (Å²) >= 11 is 0. The number of aromatic nitrogens is 1. The molecule has 0 fully saturated rings. The first-order chi connectivity index (χ1) is 7.29. The highest BCUT2D eigenvalue weighted by Crippen LogP contribution is 2.14. The molecule has 1 unspecified atom stereocenters. The zero-order valence-corrected chi connectivity index (χ0v) is 9.16. The Kier molecular flexibility index (Phi) is 3.02. The Morgan fingerprint density at radius 3 is 2.93 bits per heavy atom. The number of rotatable bonds is 4. The molecule has 0 bridgehead atoms. The van der Waals surface area contributed by atoms with E-state index in [-0.39, 0.29) is 0 Å². The minimum absolute atomic E-state index is 0.500. The predicted octanol–water partition coefficient (Wildman–Crippen LogP) is 2.72. The molecule has 2 rings (SSSR count). The van der Waals surface area contributed by atoms with Crippen molar-refractivity contribution in [2.24, 2.45) is 0 Å². The van der Waals surface area contributed by atoms with Gasteiger partial charge in [0.25, 0.3) is 0 Å². The van der Waals surface area contributed by atoms with Crippen molar-refractivity contribution < 1.29 is 4.42 Å². The van der Waals surface area contributed by atoms with Crippen molar-refractivity contribution in [3.05, 3.63) is 30.2 Å². The Labute approximate surface area is 89.5 Å². The van der Waals surface area contributed by atoms with E-state index in [2.05, 4.69) is 24.1 Å². The molecule has 15 heavy (non-hydrogen) atoms. The van der Waals surface area contributed by atoms with Crippen LogP contribution in [0.4, 0.5) is 0 Å². The summed E-state index contributed by atoms with van der Waals surface area (Å²) in [6.07, 6.45) is 1.11. The molecule has 0 spiro atoms. The Morgan fingerprint density at radius 1 is 1.40 bits per heavy atom. The van der Waals surface area contributed by atoms with Crippen molar-refractivity contribution in [3.63, 3.8) is 0 Å². The van der Waals surface area contributed by atoms with E-state index in [0.29, 0.717) is 12.6 Å². The normalized spacial score (nSPS) is 13.2. The zero-order chi connectivity index (χ0) is 10.7. The summed E-state index contributed by atoms with van der Waals surface area (Å²) in [4.78, 5) is 4.39. The molecule has 0 saturated carbocycles. The summed E-state index contributed by atoms with van der Waals surface area (Å²) < 4.78 is 5.59. The van der Waals surface area contributed by atoms with Gasteiger partial charge in [0.05, 0.1) is 6.54 Å². The Balaban J connectivity index is 2.09. The standard InChI is InChI=1S/C12H16N2O/c1-3-9(2)13-8-12-14-10-6-4-5-7-11(10)15-12/h4-7,9,13H,3,8H2,1-2H3. The molecule has 1 atom stereocenters. The largest absolute Gasteiger partial charge is 0.439 e. The van der Waals surface area contributed by atoms with Gasteiger partial charge in [-0.15, -0.1) is 0 Å². The van der Waals surface area contributed by atoms with E-state index in [1.54, 1.807) is 0 Å². The smallest absolute Gasteiger partial charge is 0.209 e. The lowest BCUT2D eigenvalue weighted by atomic mass is 10.3. The van der Waals surface area contributed by atoms with Gasteiger partial charge in [-0.1, -0.05) is 19.1 Å². The predicted molar refractivity (Wildman–Crippen MR) is 60.6 cm³/mol. The van der Waals surface area contributed by atoms with E-state index in [4.69, 9.17) is 4.42 Å². The Hall–Kier alpha value is -1.35. The maximum absolute atomic E-state index is 5.59. The van der Waals surface area contributed by atoms with Gasteiger partial charge in [-0.2, -0.15) is 0 Å². The molecular formula is C12H16N2O. The Bertz CT molecular complexity index is 403. The number of para-hydroxylation sites is 2. The highest BCUT2D eigenvalue weighted by atomic mass is 16.3. The van der Waals surface area contributed by atoms with Crippen LogP contribution in [-0.2, 0) is 6.54 Å². The number of oxazole rings is 1. The summed E-state index contributed by atoms with van der Waals surface area (Å²) in [5.41, 5.74) is 1.79. The van der Waals surface area contributed by atoms with E-state index >= 15 is 0 Å². The van der Waals surface area contributed by atoms with Gasteiger partial charge in [0.2, 0.25) is 5.89 Å². The number of nitrogens with one attached hydrogen (secondary N) is 1. The summed E-state index contributed by atoms with van der Waals surface area (Å²) in [7, 11) is 0. The average Bonchev–Trinajstić information content (AvgIpc) is 2.68. The maximum atomic E-state index is 5.59. The van der Waals surface area contributed by atoms with Crippen LogP contribution in [0.15, 0.2) is 28.7 Å². The first-order valence-electron chi connectivity index (χ1n) is 5.37. The third-order valence-electron chi connectivity index (χ3n) is 2.55. The molecule has 0 aliphatic heterocycles. The van der Waals surface area contributed by atoms with E-state index in [1.165, 1.54) is 0 Å². The number of nitrogens with zero attached hydrogens (tertiary/aromatic N) is 1. The number of hydrogen-bond acceptors (Lipinski definition) is 3. The molecule has 0 aliphatic rings. The first-order valence-corrected chi connectivity index (χ1v) is 5.37. The van der Waals surface area contributed by atoms with Crippen molar-refractivity contribution in [2.45, 2.75) is 32.9 Å². The van der Waals surface area contributed by atoms with Crippen LogP contribution in [0.3, 0.4) is 0 Å². The van der Waals surface area contributed by atoms with Gasteiger partial charge < -0.3 is 9.73 Å². The van der Waals surface area contributed by atoms with Gasteiger partial charge in [0, 0.05) is 6.04 Å². The van der Waals surface area contributed by atoms with Crippen molar-refractivity contribution in [1.82, 2.24) is 10.3 Å². The fourth-order valence-corrected chi connectivity index (χ4v) is 1.40. The third-order valence-corrected chi connectivity index (χ3v) is 2.55. The van der Waals surface area contributed by atoms with Crippen LogP contribution in [-0.4, -0.2) is 11.0 Å². The number of benzene rings is 1. The molecular weight excluding hydrogens is 188 g/mol. The molecule has 1 aromatic carbocycles. The van der Waals surface area contributed by atoms with Gasteiger partial charge in [0.1, 0.15) is 5.52 Å². The second-order valence-corrected chi connectivity index (χ2v) is 3.77. The monoisotopic (exact) mass is 204 g/mol. The fraction of sp³-hybridized carbons (Fsp3) is 0.417. The fourth-order valence-electron chi connectivity index (χ4n) is 1.40. The summed E-state index contributed by atoms with van der Waals surface area (Å²) in [6.45, 7) is 5.01. The molecule has 0 saturated heterocycles. The molecule has 1 aromatic heterocycles. The lowest BCUT2D eigenvalue weighted by Crippen LogP contribution is -2.24. The van der Waals surface area contributed by atoms with Crippen LogP contribution in [0.1, 0.15) is 26.2 Å². The van der Waals surface area contributed by atoms with Crippen LogP contribution in [0.5, 0.6) is 0 Å². The molecule has 3 nitrogen and oxygen atoms in total. The summed E-state index contributed by atoms with van der Waals surface area (Å²) in [6, 6.07) is 8.33. The second kappa shape index (κ2) is 4.45. The van der Waals surface area contributed by atoms with Gasteiger partial charge in [-0.3, -0.25) is 0 Å². The van der Waals surface area contributed by atoms with Crippen molar-refractivity contribution in [1.29, 1.82) is 0 Å². The lowest BCUT2D eigenvalue weighted by molar-refractivity contribution is 0.455. The molecule has 0 amide bonds. The molecule has 0 aliphatic carbocycles. The van der Waals surface area contributed by atoms with E-state index in [9.17, 15) is 0 Å². The molecule has 80 valence electrons. The number of hydrogen-bond donors (Lipinski definition) is 1. The minimum Gasteiger partial charge on any atom is -0.439 e. The van der Waals surface area contributed by atoms with Crippen LogP contribution < -0.4 is 5.32 Å². The third kappa shape index (κ3) is 2.36. The van der Waals surface area contributed by atoms with E-state index < -0.39 is 0 Å². The molecule has 1 N–H and O–H groups in total. The van der Waals surface area contributed by atoms with Crippen LogP contribution >= 0.6 is 0 Å². The quantitative estimate of drug-likeness (QED) is 0.832. The molecule has 2 aromatic rings. The second-order valence-electron chi connectivity index (χ2n) is 3.77. The van der Waals surface area contributed by atoms with Gasteiger partial charge in [-0.05, 0) is 25.5 Å². The van der Waals surface area contributed by atoms with Gasteiger partial charge >= 0.3 is 0 Å². The van der Waals surface area contributed by atoms with E-state index in [0.717, 1.165) is 23.4 Å². The summed E-state index contributed by atoms with van der Waals surface area (Å²) in [5.74, 6) is 0.761. The van der Waals surface area contributed by atoms with Crippen LogP contribution in [0, 0.1) is 0 Å². The average molecular weight is 204 g/mol. The van der Waals surface area contributed by atoms with Crippen molar-refractivity contribution in [3.8, 4) is 0 Å². The SMILES string of the molecule is CCC(C)NCc1nc2ccccc2o1. The first kappa shape index (κ1) is 10.2. The highest BCUT2D eigenvalue weighted by molar-refractivity contribution is 5.72. The summed E-state index contributed by atoms with van der Waals surface area (Å²) in [5, 5.41) is 3.35. The van der Waals surface area contributed by atoms with Gasteiger partial charge in [0.15, 0.2) is 5.58 Å². The highest BCUT2D eigenvalue weighted by Gasteiger charge is 2.05. The molecule has 1 heterocycles. The van der Waals surface area contributed by atoms with Crippen LogP contribution in [0.2, 0.25) is 0 Å². The van der Waals surface area contributed by atoms with Gasteiger partial charge in [-0.25, -0.2) is 4.98 Å². The molecule has 0 radical (unpaired) electrons. The van der Waals surface area contributed by atoms with Crippen LogP contribution in [0.25, 0.3) is 11.1 Å². The Morgan fingerprint density at radius 2 is 2.20 bits per heavy atom.